The van der Waals surface area contributed by atoms with E-state index in [1.165, 1.54) is 6.07 Å². The number of hydrogen-bond donors (Lipinski definition) is 0. The topological polar surface area (TPSA) is 14.2 Å². The van der Waals surface area contributed by atoms with Gasteiger partial charge in [-0.3, -0.25) is 0 Å². The lowest BCUT2D eigenvalue weighted by atomic mass is 10.2. The summed E-state index contributed by atoms with van der Waals surface area (Å²) in [6.45, 7) is 3.21. The first-order chi connectivity index (χ1) is 10.2. The molecule has 0 saturated carbocycles. The smallest absolute Gasteiger partial charge is 0.142 e. The lowest BCUT2D eigenvalue weighted by Crippen LogP contribution is -1.98. The van der Waals surface area contributed by atoms with E-state index < -0.39 is 0 Å². The monoisotopic (exact) mass is 303 g/mol. The van der Waals surface area contributed by atoms with Crippen LogP contribution in [0.15, 0.2) is 48.7 Å². The molecule has 0 aliphatic heterocycles. The lowest BCUT2D eigenvalue weighted by Gasteiger charge is -2.08. The Balaban J connectivity index is 1.91. The average molecular weight is 304 g/mol. The third-order valence-electron chi connectivity index (χ3n) is 3.39. The highest BCUT2D eigenvalue weighted by atomic mass is 35.5. The van der Waals surface area contributed by atoms with Crippen LogP contribution in [-0.4, -0.2) is 11.2 Å². The molecule has 2 aromatic carbocycles. The normalized spacial score (nSPS) is 11.0. The Labute approximate surface area is 127 Å². The molecule has 0 fully saturated rings. The molecule has 108 valence electrons. The number of aromatic nitrogens is 1. The number of rotatable bonds is 4. The molecular formula is C17H15ClFNO. The van der Waals surface area contributed by atoms with Gasteiger partial charge >= 0.3 is 0 Å². The van der Waals surface area contributed by atoms with E-state index in [1.807, 2.05) is 43.5 Å². The molecule has 0 bridgehead atoms. The van der Waals surface area contributed by atoms with E-state index in [4.69, 9.17) is 16.3 Å². The summed E-state index contributed by atoms with van der Waals surface area (Å²) >= 11 is 5.71. The summed E-state index contributed by atoms with van der Waals surface area (Å²) in [4.78, 5) is 0. The van der Waals surface area contributed by atoms with Gasteiger partial charge in [-0.05, 0) is 48.9 Å². The highest BCUT2D eigenvalue weighted by Crippen LogP contribution is 2.23. The summed E-state index contributed by atoms with van der Waals surface area (Å²) in [5, 5.41) is 1.26. The summed E-state index contributed by atoms with van der Waals surface area (Å²) in [5.74, 6) is 0.476. The minimum Gasteiger partial charge on any atom is -0.494 e. The number of benzene rings is 2. The fourth-order valence-corrected chi connectivity index (χ4v) is 2.52. The Morgan fingerprint density at radius 3 is 2.76 bits per heavy atom. The molecule has 2 nitrogen and oxygen atoms in total. The van der Waals surface area contributed by atoms with Crippen LogP contribution < -0.4 is 4.74 Å². The molecule has 1 heterocycles. The molecule has 0 N–H and O–H groups in total. The van der Waals surface area contributed by atoms with Gasteiger partial charge in [-0.25, -0.2) is 4.39 Å². The number of fused-ring (bicyclic) bond motifs is 1. The molecule has 0 radical (unpaired) electrons. The molecule has 0 atom stereocenters. The maximum Gasteiger partial charge on any atom is 0.142 e. The Morgan fingerprint density at radius 1 is 1.14 bits per heavy atom. The molecule has 1 aromatic heterocycles. The first-order valence-electron chi connectivity index (χ1n) is 6.83. The summed E-state index contributed by atoms with van der Waals surface area (Å²) in [6.07, 6.45) is 1.99. The van der Waals surface area contributed by atoms with Gasteiger partial charge in [-0.15, -0.1) is 0 Å². The van der Waals surface area contributed by atoms with Crippen molar-refractivity contribution in [2.75, 3.05) is 6.61 Å². The summed E-state index contributed by atoms with van der Waals surface area (Å²) in [5.41, 5.74) is 1.97. The van der Waals surface area contributed by atoms with Gasteiger partial charge in [-0.1, -0.05) is 17.7 Å². The zero-order valence-electron chi connectivity index (χ0n) is 11.6. The quantitative estimate of drug-likeness (QED) is 0.670. The van der Waals surface area contributed by atoms with Gasteiger partial charge in [0.1, 0.15) is 11.6 Å². The molecule has 0 amide bonds. The van der Waals surface area contributed by atoms with Crippen molar-refractivity contribution in [2.24, 2.45) is 0 Å². The standard InChI is InChI=1S/C17H15ClFNO/c1-2-21-14-4-6-17-13(10-14)7-8-20(17)11-12-3-5-15(18)16(19)9-12/h3-10H,2,11H2,1H3. The number of hydrogen-bond acceptors (Lipinski definition) is 1. The van der Waals surface area contributed by atoms with Gasteiger partial charge in [0, 0.05) is 23.6 Å². The van der Waals surface area contributed by atoms with Crippen LogP contribution in [0.3, 0.4) is 0 Å². The fourth-order valence-electron chi connectivity index (χ4n) is 2.41. The zero-order valence-corrected chi connectivity index (χ0v) is 12.4. The van der Waals surface area contributed by atoms with Crippen molar-refractivity contribution in [3.05, 3.63) is 65.1 Å². The van der Waals surface area contributed by atoms with Crippen molar-refractivity contribution in [2.45, 2.75) is 13.5 Å². The van der Waals surface area contributed by atoms with Crippen molar-refractivity contribution >= 4 is 22.5 Å². The molecule has 3 aromatic rings. The predicted octanol–water partition coefficient (Wildman–Crippen LogP) is 4.88. The second kappa shape index (κ2) is 5.78. The highest BCUT2D eigenvalue weighted by molar-refractivity contribution is 6.30. The van der Waals surface area contributed by atoms with Gasteiger partial charge in [0.15, 0.2) is 0 Å². The summed E-state index contributed by atoms with van der Waals surface area (Å²) < 4.78 is 21.1. The van der Waals surface area contributed by atoms with Gasteiger partial charge < -0.3 is 9.30 Å². The van der Waals surface area contributed by atoms with Crippen molar-refractivity contribution in [1.29, 1.82) is 0 Å². The molecule has 0 aliphatic rings. The van der Waals surface area contributed by atoms with E-state index in [9.17, 15) is 4.39 Å². The van der Waals surface area contributed by atoms with Gasteiger partial charge in [-0.2, -0.15) is 0 Å². The lowest BCUT2D eigenvalue weighted by molar-refractivity contribution is 0.340. The Kier molecular flexibility index (Phi) is 3.84. The van der Waals surface area contributed by atoms with Gasteiger partial charge in [0.2, 0.25) is 0 Å². The maximum absolute atomic E-state index is 13.5. The van der Waals surface area contributed by atoms with E-state index in [-0.39, 0.29) is 10.8 Å². The first kappa shape index (κ1) is 14.0. The molecular weight excluding hydrogens is 289 g/mol. The van der Waals surface area contributed by atoms with Gasteiger partial charge in [0.05, 0.1) is 11.6 Å². The van der Waals surface area contributed by atoms with E-state index in [2.05, 4.69) is 4.57 Å². The SMILES string of the molecule is CCOc1ccc2c(ccn2Cc2ccc(Cl)c(F)c2)c1. The third-order valence-corrected chi connectivity index (χ3v) is 3.70. The van der Waals surface area contributed by atoms with Gasteiger partial charge in [0.25, 0.3) is 0 Å². The number of halogens is 2. The third kappa shape index (κ3) is 2.88. The van der Waals surface area contributed by atoms with Crippen molar-refractivity contribution < 1.29 is 9.13 Å². The minimum absolute atomic E-state index is 0.150. The van der Waals surface area contributed by atoms with Crippen molar-refractivity contribution in [3.63, 3.8) is 0 Å². The van der Waals surface area contributed by atoms with E-state index in [0.29, 0.717) is 13.2 Å². The average Bonchev–Trinajstić information content (AvgIpc) is 2.86. The van der Waals surface area contributed by atoms with Crippen LogP contribution in [0.25, 0.3) is 10.9 Å². The van der Waals surface area contributed by atoms with E-state index in [0.717, 1.165) is 22.2 Å². The molecule has 4 heteroatoms. The fraction of sp³-hybridized carbons (Fsp3) is 0.176. The molecule has 0 saturated heterocycles. The largest absolute Gasteiger partial charge is 0.494 e. The molecule has 0 unspecified atom stereocenters. The maximum atomic E-state index is 13.5. The van der Waals surface area contributed by atoms with Crippen molar-refractivity contribution in [1.82, 2.24) is 4.57 Å². The highest BCUT2D eigenvalue weighted by Gasteiger charge is 2.06. The second-order valence-electron chi connectivity index (χ2n) is 4.85. The van der Waals surface area contributed by atoms with E-state index in [1.54, 1.807) is 6.07 Å². The van der Waals surface area contributed by atoms with Crippen LogP contribution in [0.2, 0.25) is 5.02 Å². The van der Waals surface area contributed by atoms with Crippen LogP contribution >= 0.6 is 11.6 Å². The number of ether oxygens (including phenoxy) is 1. The Bertz CT molecular complexity index is 782. The van der Waals surface area contributed by atoms with Crippen LogP contribution in [0, 0.1) is 5.82 Å². The zero-order chi connectivity index (χ0) is 14.8. The molecule has 21 heavy (non-hydrogen) atoms. The van der Waals surface area contributed by atoms with Crippen LogP contribution in [0.1, 0.15) is 12.5 Å². The molecule has 0 aliphatic carbocycles. The predicted molar refractivity (Wildman–Crippen MR) is 83.6 cm³/mol. The number of nitrogens with zero attached hydrogens (tertiary/aromatic N) is 1. The second-order valence-corrected chi connectivity index (χ2v) is 5.25. The summed E-state index contributed by atoms with van der Waals surface area (Å²) in [7, 11) is 0. The summed E-state index contributed by atoms with van der Waals surface area (Å²) in [6, 6.07) is 12.9. The molecule has 3 rings (SSSR count). The van der Waals surface area contributed by atoms with Crippen LogP contribution in [0.5, 0.6) is 5.75 Å². The van der Waals surface area contributed by atoms with Crippen LogP contribution in [-0.2, 0) is 6.54 Å². The minimum atomic E-state index is -0.385. The molecule has 0 spiro atoms. The Hall–Kier alpha value is -2.00. The first-order valence-corrected chi connectivity index (χ1v) is 7.21. The Morgan fingerprint density at radius 2 is 2.00 bits per heavy atom. The van der Waals surface area contributed by atoms with E-state index >= 15 is 0 Å². The van der Waals surface area contributed by atoms with Crippen molar-refractivity contribution in [3.8, 4) is 5.75 Å². The van der Waals surface area contributed by atoms with Crippen LogP contribution in [0.4, 0.5) is 4.39 Å².